The molecule has 1 aromatic heterocycles. The molecule has 0 unspecified atom stereocenters. The fourth-order valence-electron chi connectivity index (χ4n) is 4.62. The lowest BCUT2D eigenvalue weighted by Crippen LogP contribution is -2.50. The number of hydrogen-bond donors (Lipinski definition) is 2. The SMILES string of the molecule is C#CCN1C(=O)COc2nc(-c3ccc(C4(NC(=O)O)CCC4)cc3)c(-c3ccccc3)cc21. The maximum absolute atomic E-state index is 12.4. The zero-order valence-corrected chi connectivity index (χ0v) is 18.5. The van der Waals surface area contributed by atoms with Crippen molar-refractivity contribution in [2.24, 2.45) is 0 Å². The van der Waals surface area contributed by atoms with Crippen molar-refractivity contribution in [3.05, 3.63) is 66.2 Å². The van der Waals surface area contributed by atoms with Gasteiger partial charge >= 0.3 is 6.09 Å². The molecule has 0 saturated heterocycles. The van der Waals surface area contributed by atoms with Gasteiger partial charge in [-0.05, 0) is 36.5 Å². The monoisotopic (exact) mass is 453 g/mol. The molecule has 1 aliphatic heterocycles. The fraction of sp³-hybridized carbons (Fsp3) is 0.222. The molecule has 34 heavy (non-hydrogen) atoms. The molecular weight excluding hydrogens is 430 g/mol. The van der Waals surface area contributed by atoms with Gasteiger partial charge in [0.2, 0.25) is 5.88 Å². The van der Waals surface area contributed by atoms with Crippen molar-refractivity contribution in [1.29, 1.82) is 0 Å². The van der Waals surface area contributed by atoms with Crippen LogP contribution in [0.1, 0.15) is 24.8 Å². The average Bonchev–Trinajstić information content (AvgIpc) is 2.83. The van der Waals surface area contributed by atoms with Crippen LogP contribution in [0.4, 0.5) is 10.5 Å². The number of aromatic nitrogens is 1. The van der Waals surface area contributed by atoms with Crippen LogP contribution in [0.5, 0.6) is 5.88 Å². The zero-order chi connectivity index (χ0) is 23.7. The highest BCUT2D eigenvalue weighted by molar-refractivity contribution is 5.99. The Morgan fingerprint density at radius 1 is 1.15 bits per heavy atom. The Morgan fingerprint density at radius 2 is 1.88 bits per heavy atom. The second-order valence-electron chi connectivity index (χ2n) is 8.49. The molecule has 1 saturated carbocycles. The summed E-state index contributed by atoms with van der Waals surface area (Å²) in [6, 6.07) is 19.5. The third-order valence-corrected chi connectivity index (χ3v) is 6.49. The van der Waals surface area contributed by atoms with E-state index in [0.29, 0.717) is 17.3 Å². The van der Waals surface area contributed by atoms with Gasteiger partial charge in [0, 0.05) is 11.1 Å². The van der Waals surface area contributed by atoms with Crippen LogP contribution < -0.4 is 15.0 Å². The first kappa shape index (κ1) is 21.5. The van der Waals surface area contributed by atoms with E-state index in [9.17, 15) is 14.7 Å². The summed E-state index contributed by atoms with van der Waals surface area (Å²) < 4.78 is 5.67. The van der Waals surface area contributed by atoms with E-state index in [-0.39, 0.29) is 19.1 Å². The van der Waals surface area contributed by atoms with E-state index >= 15 is 0 Å². The van der Waals surface area contributed by atoms with E-state index in [1.54, 1.807) is 0 Å². The van der Waals surface area contributed by atoms with Crippen molar-refractivity contribution in [3.63, 3.8) is 0 Å². The molecule has 170 valence electrons. The highest BCUT2D eigenvalue weighted by atomic mass is 16.5. The van der Waals surface area contributed by atoms with E-state index in [2.05, 4.69) is 11.2 Å². The third kappa shape index (κ3) is 3.73. The van der Waals surface area contributed by atoms with Crippen LogP contribution in [0.15, 0.2) is 60.7 Å². The van der Waals surface area contributed by atoms with Gasteiger partial charge < -0.3 is 15.2 Å². The Bertz CT molecular complexity index is 1290. The van der Waals surface area contributed by atoms with Crippen molar-refractivity contribution in [2.45, 2.75) is 24.8 Å². The first-order valence-electron chi connectivity index (χ1n) is 11.1. The van der Waals surface area contributed by atoms with E-state index in [1.165, 1.54) is 4.90 Å². The summed E-state index contributed by atoms with van der Waals surface area (Å²) in [7, 11) is 0. The number of benzene rings is 2. The summed E-state index contributed by atoms with van der Waals surface area (Å²) in [6.45, 7) is 0.0198. The van der Waals surface area contributed by atoms with E-state index in [1.807, 2.05) is 60.7 Å². The second kappa shape index (κ2) is 8.56. The maximum Gasteiger partial charge on any atom is 0.405 e. The van der Waals surface area contributed by atoms with Crippen molar-refractivity contribution >= 4 is 17.7 Å². The van der Waals surface area contributed by atoms with Gasteiger partial charge in [0.05, 0.1) is 17.8 Å². The Kier molecular flexibility index (Phi) is 5.42. The third-order valence-electron chi connectivity index (χ3n) is 6.49. The number of ether oxygens (including phenoxy) is 1. The summed E-state index contributed by atoms with van der Waals surface area (Å²) in [6.07, 6.45) is 7.01. The quantitative estimate of drug-likeness (QED) is 0.558. The van der Waals surface area contributed by atoms with Gasteiger partial charge in [-0.15, -0.1) is 6.42 Å². The number of amides is 2. The van der Waals surface area contributed by atoms with Crippen LogP contribution in [0, 0.1) is 12.3 Å². The summed E-state index contributed by atoms with van der Waals surface area (Å²) in [5.41, 5.74) is 4.31. The molecule has 2 N–H and O–H groups in total. The number of carbonyl (C=O) groups is 2. The van der Waals surface area contributed by atoms with Crippen molar-refractivity contribution in [2.75, 3.05) is 18.1 Å². The lowest BCUT2D eigenvalue weighted by atomic mass is 9.71. The largest absolute Gasteiger partial charge is 0.466 e. The lowest BCUT2D eigenvalue weighted by molar-refractivity contribution is -0.121. The Labute approximate surface area is 197 Å². The number of pyridine rings is 1. The second-order valence-corrected chi connectivity index (χ2v) is 8.49. The van der Waals surface area contributed by atoms with Crippen LogP contribution in [-0.4, -0.2) is 35.2 Å². The average molecular weight is 453 g/mol. The standard InChI is InChI=1S/C27H23N3O4/c1-2-15-30-22-16-21(18-7-4-3-5-8-18)24(28-25(22)34-17-23(30)31)19-9-11-20(12-10-19)27(13-6-14-27)29-26(32)33/h1,3-5,7-12,16,29H,6,13-15,17H2,(H,32,33). The van der Waals surface area contributed by atoms with Crippen LogP contribution in [-0.2, 0) is 10.3 Å². The molecule has 0 bridgehead atoms. The molecule has 0 radical (unpaired) electrons. The molecule has 2 aliphatic rings. The minimum absolute atomic E-state index is 0.117. The maximum atomic E-state index is 12.4. The predicted molar refractivity (Wildman–Crippen MR) is 128 cm³/mol. The molecule has 2 heterocycles. The molecule has 0 atom stereocenters. The lowest BCUT2D eigenvalue weighted by Gasteiger charge is -2.42. The topological polar surface area (TPSA) is 91.8 Å². The molecule has 2 amide bonds. The highest BCUT2D eigenvalue weighted by Gasteiger charge is 2.40. The smallest absolute Gasteiger partial charge is 0.405 e. The van der Waals surface area contributed by atoms with Gasteiger partial charge in [0.25, 0.3) is 5.91 Å². The van der Waals surface area contributed by atoms with E-state index < -0.39 is 11.6 Å². The number of carbonyl (C=O) groups excluding carboxylic acids is 1. The minimum atomic E-state index is -1.02. The Hall–Kier alpha value is -4.31. The molecule has 2 aromatic carbocycles. The van der Waals surface area contributed by atoms with Gasteiger partial charge in [-0.2, -0.15) is 0 Å². The van der Waals surface area contributed by atoms with Crippen molar-refractivity contribution < 1.29 is 19.4 Å². The molecule has 5 rings (SSSR count). The molecule has 7 nitrogen and oxygen atoms in total. The number of carboxylic acid groups (broad SMARTS) is 1. The van der Waals surface area contributed by atoms with E-state index in [0.717, 1.165) is 41.5 Å². The Balaban J connectivity index is 1.61. The number of terminal acetylenes is 1. The fourth-order valence-corrected chi connectivity index (χ4v) is 4.62. The van der Waals surface area contributed by atoms with Crippen LogP contribution >= 0.6 is 0 Å². The molecular formula is C27H23N3O4. The Morgan fingerprint density at radius 3 is 2.50 bits per heavy atom. The number of nitrogens with one attached hydrogen (secondary N) is 1. The van der Waals surface area contributed by atoms with Gasteiger partial charge in [-0.1, -0.05) is 60.5 Å². The molecule has 7 heteroatoms. The molecule has 1 aliphatic carbocycles. The summed E-state index contributed by atoms with van der Waals surface area (Å²) in [5.74, 6) is 2.68. The van der Waals surface area contributed by atoms with Crippen molar-refractivity contribution in [3.8, 4) is 40.6 Å². The molecule has 0 spiro atoms. The van der Waals surface area contributed by atoms with Gasteiger partial charge in [0.1, 0.15) is 5.69 Å². The number of nitrogens with zero attached hydrogens (tertiary/aromatic N) is 2. The van der Waals surface area contributed by atoms with Crippen LogP contribution in [0.3, 0.4) is 0 Å². The first-order valence-corrected chi connectivity index (χ1v) is 11.1. The number of rotatable bonds is 5. The molecule has 1 fully saturated rings. The van der Waals surface area contributed by atoms with E-state index in [4.69, 9.17) is 16.1 Å². The van der Waals surface area contributed by atoms with Gasteiger partial charge in [0.15, 0.2) is 6.61 Å². The van der Waals surface area contributed by atoms with Crippen LogP contribution in [0.2, 0.25) is 0 Å². The normalized spacial score (nSPS) is 16.0. The summed E-state index contributed by atoms with van der Waals surface area (Å²) in [5, 5.41) is 12.0. The predicted octanol–water partition coefficient (Wildman–Crippen LogP) is 4.42. The number of anilines is 1. The zero-order valence-electron chi connectivity index (χ0n) is 18.5. The number of fused-ring (bicyclic) bond motifs is 1. The van der Waals surface area contributed by atoms with Gasteiger partial charge in [-0.25, -0.2) is 9.78 Å². The summed E-state index contributed by atoms with van der Waals surface area (Å²) in [4.78, 5) is 30.1. The number of hydrogen-bond acceptors (Lipinski definition) is 4. The minimum Gasteiger partial charge on any atom is -0.466 e. The summed E-state index contributed by atoms with van der Waals surface area (Å²) >= 11 is 0. The van der Waals surface area contributed by atoms with Crippen molar-refractivity contribution in [1.82, 2.24) is 10.3 Å². The highest BCUT2D eigenvalue weighted by Crippen LogP contribution is 2.43. The first-order chi connectivity index (χ1) is 16.5. The van der Waals surface area contributed by atoms with Crippen LogP contribution in [0.25, 0.3) is 22.4 Å². The molecule has 3 aromatic rings. The van der Waals surface area contributed by atoms with Gasteiger partial charge in [-0.3, -0.25) is 9.69 Å².